The zero-order valence-corrected chi connectivity index (χ0v) is 11.7. The fourth-order valence-electron chi connectivity index (χ4n) is 1.47. The molecule has 2 aromatic rings. The third kappa shape index (κ3) is 2.54. The van der Waals surface area contributed by atoms with E-state index in [2.05, 4.69) is 32.0 Å². The van der Waals surface area contributed by atoms with E-state index in [9.17, 15) is 0 Å². The predicted octanol–water partition coefficient (Wildman–Crippen LogP) is 2.41. The van der Waals surface area contributed by atoms with Crippen LogP contribution >= 0.6 is 21.0 Å². The Morgan fingerprint density at radius 2 is 2.19 bits per heavy atom. The maximum atomic E-state index is 5.48. The van der Waals surface area contributed by atoms with E-state index in [1.54, 1.807) is 6.33 Å². The fraction of sp³-hybridized carbons (Fsp3) is 0.364. The second kappa shape index (κ2) is 6.19. The molecule has 2 aromatic heterocycles. The van der Waals surface area contributed by atoms with Gasteiger partial charge in [0.25, 0.3) is 0 Å². The van der Waals surface area contributed by atoms with Crippen molar-refractivity contribution >= 4 is 31.8 Å². The van der Waals surface area contributed by atoms with Crippen LogP contribution in [-0.4, -0.2) is 9.38 Å². The van der Waals surface area contributed by atoms with E-state index in [0.29, 0.717) is 6.54 Å². The lowest BCUT2D eigenvalue weighted by Gasteiger charge is -2.04. The van der Waals surface area contributed by atoms with Gasteiger partial charge in [0.05, 0.1) is 24.1 Å². The number of rotatable bonds is 2. The molecule has 0 aliphatic carbocycles. The number of halogens is 1. The number of aromatic nitrogens is 2. The van der Waals surface area contributed by atoms with E-state index in [-0.39, 0.29) is 0 Å². The molecule has 0 bridgehead atoms. The molecule has 1 N–H and O–H groups in total. The van der Waals surface area contributed by atoms with Crippen LogP contribution < -0.4 is 10.1 Å². The minimum atomic E-state index is 0.572. The van der Waals surface area contributed by atoms with Gasteiger partial charge >= 0.3 is 0 Å². The Balaban J connectivity index is 0.000000606. The molecule has 3 nitrogen and oxygen atoms in total. The molecule has 0 fully saturated rings. The SMILES string of the molecule is CC.Cc1ccn2cnc(CNCl)c2c1P. The summed E-state index contributed by atoms with van der Waals surface area (Å²) in [6.07, 6.45) is 3.80. The van der Waals surface area contributed by atoms with Gasteiger partial charge in [-0.1, -0.05) is 13.8 Å². The molecule has 2 heterocycles. The minimum absolute atomic E-state index is 0.572. The molecule has 0 aliphatic heterocycles. The molecule has 0 amide bonds. The first kappa shape index (κ1) is 13.4. The summed E-state index contributed by atoms with van der Waals surface area (Å²) >= 11 is 5.48. The quantitative estimate of drug-likeness (QED) is 0.661. The number of hydrogen-bond acceptors (Lipinski definition) is 2. The van der Waals surface area contributed by atoms with Crippen LogP contribution in [0.3, 0.4) is 0 Å². The molecule has 0 spiro atoms. The molecule has 1 unspecified atom stereocenters. The zero-order valence-electron chi connectivity index (χ0n) is 9.79. The van der Waals surface area contributed by atoms with Gasteiger partial charge in [0.1, 0.15) is 0 Å². The van der Waals surface area contributed by atoms with Crippen LogP contribution in [0, 0.1) is 6.92 Å². The number of nitrogens with one attached hydrogen (secondary N) is 1. The van der Waals surface area contributed by atoms with E-state index in [1.165, 1.54) is 10.9 Å². The first-order chi connectivity index (χ1) is 7.74. The molecule has 0 radical (unpaired) electrons. The van der Waals surface area contributed by atoms with E-state index in [4.69, 9.17) is 11.8 Å². The van der Waals surface area contributed by atoms with E-state index >= 15 is 0 Å². The van der Waals surface area contributed by atoms with Crippen molar-refractivity contribution in [2.45, 2.75) is 27.3 Å². The van der Waals surface area contributed by atoms with E-state index in [0.717, 1.165) is 11.2 Å². The Hall–Kier alpha value is -0.630. The van der Waals surface area contributed by atoms with Gasteiger partial charge in [-0.15, -0.1) is 9.24 Å². The third-order valence-electron chi connectivity index (χ3n) is 2.27. The van der Waals surface area contributed by atoms with Crippen molar-refractivity contribution in [3.8, 4) is 0 Å². The van der Waals surface area contributed by atoms with E-state index in [1.807, 2.05) is 24.4 Å². The summed E-state index contributed by atoms with van der Waals surface area (Å²) < 4.78 is 2.00. The van der Waals surface area contributed by atoms with Crippen molar-refractivity contribution in [2.75, 3.05) is 0 Å². The minimum Gasteiger partial charge on any atom is -0.305 e. The van der Waals surface area contributed by atoms with Crippen molar-refractivity contribution in [3.05, 3.63) is 29.8 Å². The topological polar surface area (TPSA) is 29.3 Å². The van der Waals surface area contributed by atoms with Crippen LogP contribution in [0.4, 0.5) is 0 Å². The smallest absolute Gasteiger partial charge is 0.0996 e. The molecule has 2 rings (SSSR count). The van der Waals surface area contributed by atoms with Gasteiger partial charge < -0.3 is 4.40 Å². The molecule has 5 heteroatoms. The normalized spacial score (nSPS) is 10.1. The summed E-state index contributed by atoms with van der Waals surface area (Å²) in [5, 5.41) is 1.17. The van der Waals surface area contributed by atoms with E-state index < -0.39 is 0 Å². The molecule has 0 saturated heterocycles. The zero-order chi connectivity index (χ0) is 12.1. The van der Waals surface area contributed by atoms with Gasteiger partial charge in [0.2, 0.25) is 0 Å². The van der Waals surface area contributed by atoms with Gasteiger partial charge in [-0.25, -0.2) is 9.82 Å². The second-order valence-electron chi connectivity index (χ2n) is 3.17. The van der Waals surface area contributed by atoms with Gasteiger partial charge in [-0.3, -0.25) is 0 Å². The third-order valence-corrected chi connectivity index (χ3v) is 3.13. The number of pyridine rings is 1. The van der Waals surface area contributed by atoms with Gasteiger partial charge in [-0.05, 0) is 35.6 Å². The summed E-state index contributed by atoms with van der Waals surface area (Å²) in [5.74, 6) is 0. The highest BCUT2D eigenvalue weighted by Gasteiger charge is 2.07. The number of hydrogen-bond donors (Lipinski definition) is 1. The monoisotopic (exact) mass is 257 g/mol. The van der Waals surface area contributed by atoms with Crippen LogP contribution in [0.15, 0.2) is 18.6 Å². The number of imidazole rings is 1. The first-order valence-electron chi connectivity index (χ1n) is 5.28. The van der Waals surface area contributed by atoms with Gasteiger partial charge in [-0.2, -0.15) is 0 Å². The predicted molar refractivity (Wildman–Crippen MR) is 73.3 cm³/mol. The molecular weight excluding hydrogens is 241 g/mol. The number of nitrogens with zero attached hydrogens (tertiary/aromatic N) is 2. The molecule has 0 aliphatic rings. The summed E-state index contributed by atoms with van der Waals surface area (Å²) in [5.41, 5.74) is 3.32. The first-order valence-corrected chi connectivity index (χ1v) is 6.23. The fourth-order valence-corrected chi connectivity index (χ4v) is 2.01. The highest BCUT2D eigenvalue weighted by Crippen LogP contribution is 2.12. The van der Waals surface area contributed by atoms with Crippen LogP contribution in [0.2, 0.25) is 0 Å². The average molecular weight is 258 g/mol. The molecule has 88 valence electrons. The number of fused-ring (bicyclic) bond motifs is 1. The van der Waals surface area contributed by atoms with Crippen molar-refractivity contribution < 1.29 is 0 Å². The van der Waals surface area contributed by atoms with Crippen LogP contribution in [0.5, 0.6) is 0 Å². The van der Waals surface area contributed by atoms with Crippen LogP contribution in [0.1, 0.15) is 25.1 Å². The summed E-state index contributed by atoms with van der Waals surface area (Å²) in [4.78, 5) is 6.89. The Bertz CT molecular complexity index is 467. The standard InChI is InChI=1S/C9H11ClN3P.C2H6/c1-6-2-3-13-5-11-7(4-12-10)8(13)9(6)14;1-2/h2-3,5,12H,4,14H2,1H3;1-2H3. The van der Waals surface area contributed by atoms with Crippen molar-refractivity contribution in [1.82, 2.24) is 14.2 Å². The average Bonchev–Trinajstić information content (AvgIpc) is 2.71. The molecule has 16 heavy (non-hydrogen) atoms. The summed E-state index contributed by atoms with van der Waals surface area (Å²) in [6.45, 7) is 6.65. The maximum absolute atomic E-state index is 5.48. The molecule has 0 saturated carbocycles. The molecule has 0 aromatic carbocycles. The van der Waals surface area contributed by atoms with Crippen LogP contribution in [0.25, 0.3) is 5.52 Å². The lowest BCUT2D eigenvalue weighted by Crippen LogP contribution is -2.07. The lowest BCUT2D eigenvalue weighted by atomic mass is 10.2. The van der Waals surface area contributed by atoms with Crippen LogP contribution in [-0.2, 0) is 6.54 Å². The van der Waals surface area contributed by atoms with Crippen molar-refractivity contribution in [1.29, 1.82) is 0 Å². The Labute approximate surface area is 104 Å². The highest BCUT2D eigenvalue weighted by atomic mass is 35.5. The Kier molecular flexibility index (Phi) is 5.20. The summed E-state index contributed by atoms with van der Waals surface area (Å²) in [7, 11) is 2.74. The van der Waals surface area contributed by atoms with Crippen molar-refractivity contribution in [2.24, 2.45) is 0 Å². The second-order valence-corrected chi connectivity index (χ2v) is 4.01. The number of aryl methyl sites for hydroxylation is 1. The summed E-state index contributed by atoms with van der Waals surface area (Å²) in [6, 6.07) is 2.06. The van der Waals surface area contributed by atoms with Gasteiger partial charge in [0.15, 0.2) is 0 Å². The van der Waals surface area contributed by atoms with Gasteiger partial charge in [0, 0.05) is 6.20 Å². The largest absolute Gasteiger partial charge is 0.305 e. The molecule has 1 atom stereocenters. The lowest BCUT2D eigenvalue weighted by molar-refractivity contribution is 0.934. The highest BCUT2D eigenvalue weighted by molar-refractivity contribution is 7.28. The molecular formula is C11H17ClN3P. The Morgan fingerprint density at radius 1 is 1.50 bits per heavy atom. The maximum Gasteiger partial charge on any atom is 0.0996 e. The Morgan fingerprint density at radius 3 is 2.81 bits per heavy atom. The van der Waals surface area contributed by atoms with Crippen molar-refractivity contribution in [3.63, 3.8) is 0 Å².